The molecule has 27 heavy (non-hydrogen) atoms. The number of piperidine rings is 1. The SMILES string of the molecule is CCNC(=NCCCNC(=O)C1CCC1)N1CCC(CC(=O)NC)CC1.I. The van der Waals surface area contributed by atoms with Crippen LogP contribution in [-0.2, 0) is 9.59 Å². The smallest absolute Gasteiger partial charge is 0.223 e. The fourth-order valence-corrected chi connectivity index (χ4v) is 3.43. The number of rotatable bonds is 8. The van der Waals surface area contributed by atoms with Gasteiger partial charge in [-0.2, -0.15) is 0 Å². The van der Waals surface area contributed by atoms with Crippen LogP contribution in [-0.4, -0.2) is 62.4 Å². The fraction of sp³-hybridized carbons (Fsp3) is 0.842. The van der Waals surface area contributed by atoms with Gasteiger partial charge in [0.05, 0.1) is 0 Å². The van der Waals surface area contributed by atoms with Gasteiger partial charge in [0.2, 0.25) is 11.8 Å². The van der Waals surface area contributed by atoms with Crippen molar-refractivity contribution in [3.05, 3.63) is 0 Å². The largest absolute Gasteiger partial charge is 0.359 e. The zero-order valence-electron chi connectivity index (χ0n) is 16.8. The number of nitrogens with one attached hydrogen (secondary N) is 3. The van der Waals surface area contributed by atoms with Crippen LogP contribution < -0.4 is 16.0 Å². The maximum absolute atomic E-state index is 11.8. The van der Waals surface area contributed by atoms with Crippen LogP contribution in [0.15, 0.2) is 4.99 Å². The molecule has 7 nitrogen and oxygen atoms in total. The van der Waals surface area contributed by atoms with E-state index in [9.17, 15) is 9.59 Å². The second kappa shape index (κ2) is 13.2. The molecule has 2 aliphatic rings. The fourth-order valence-electron chi connectivity index (χ4n) is 3.43. The van der Waals surface area contributed by atoms with Crippen molar-refractivity contribution in [3.8, 4) is 0 Å². The highest BCUT2D eigenvalue weighted by Gasteiger charge is 2.25. The second-order valence-corrected chi connectivity index (χ2v) is 7.32. The molecule has 1 saturated carbocycles. The second-order valence-electron chi connectivity index (χ2n) is 7.32. The minimum Gasteiger partial charge on any atom is -0.359 e. The Labute approximate surface area is 180 Å². The van der Waals surface area contributed by atoms with E-state index in [-0.39, 0.29) is 41.7 Å². The number of aliphatic imine (C=N–C) groups is 1. The minimum atomic E-state index is 0. The van der Waals surface area contributed by atoms with E-state index in [0.717, 1.165) is 57.7 Å². The Morgan fingerprint density at radius 3 is 2.37 bits per heavy atom. The number of hydrogen-bond acceptors (Lipinski definition) is 3. The third-order valence-electron chi connectivity index (χ3n) is 5.37. The normalized spacial score (nSPS) is 18.3. The third kappa shape index (κ3) is 8.23. The molecule has 0 spiro atoms. The van der Waals surface area contributed by atoms with Gasteiger partial charge in [0.25, 0.3) is 0 Å². The first-order chi connectivity index (χ1) is 12.6. The number of hydrogen-bond donors (Lipinski definition) is 3. The monoisotopic (exact) mass is 493 g/mol. The predicted octanol–water partition coefficient (Wildman–Crippen LogP) is 1.72. The summed E-state index contributed by atoms with van der Waals surface area (Å²) in [6.07, 6.45) is 6.81. The molecule has 3 N–H and O–H groups in total. The lowest BCUT2D eigenvalue weighted by atomic mass is 9.85. The van der Waals surface area contributed by atoms with Gasteiger partial charge in [0.1, 0.15) is 0 Å². The lowest BCUT2D eigenvalue weighted by Crippen LogP contribution is -2.46. The van der Waals surface area contributed by atoms with Gasteiger partial charge in [-0.1, -0.05) is 6.42 Å². The standard InChI is InChI=1S/C19H35N5O2.HI/c1-3-21-19(23-11-5-10-22-18(26)16-6-4-7-16)24-12-8-15(9-13-24)14-17(25)20-2;/h15-16H,3-14H2,1-2H3,(H,20,25)(H,21,23)(H,22,26);1H. The molecular weight excluding hydrogens is 457 g/mol. The molecule has 0 atom stereocenters. The summed E-state index contributed by atoms with van der Waals surface area (Å²) in [4.78, 5) is 30.3. The quantitative estimate of drug-likeness (QED) is 0.208. The minimum absolute atomic E-state index is 0. The Kier molecular flexibility index (Phi) is 11.7. The average molecular weight is 493 g/mol. The topological polar surface area (TPSA) is 85.8 Å². The summed E-state index contributed by atoms with van der Waals surface area (Å²) in [6.45, 7) is 6.21. The van der Waals surface area contributed by atoms with Crippen LogP contribution in [0.1, 0.15) is 51.9 Å². The Balaban J connectivity index is 0.00000364. The van der Waals surface area contributed by atoms with Crippen molar-refractivity contribution in [2.75, 3.05) is 39.8 Å². The summed E-state index contributed by atoms with van der Waals surface area (Å²) in [5, 5.41) is 9.09. The maximum Gasteiger partial charge on any atom is 0.223 e. The molecular formula is C19H36IN5O2. The highest BCUT2D eigenvalue weighted by atomic mass is 127. The number of nitrogens with zero attached hydrogens (tertiary/aromatic N) is 2. The van der Waals surface area contributed by atoms with Gasteiger partial charge in [-0.15, -0.1) is 24.0 Å². The Hall–Kier alpha value is -1.06. The molecule has 2 fully saturated rings. The lowest BCUT2D eigenvalue weighted by Gasteiger charge is -2.34. The Bertz CT molecular complexity index is 488. The van der Waals surface area contributed by atoms with E-state index in [4.69, 9.17) is 4.99 Å². The van der Waals surface area contributed by atoms with Crippen molar-refractivity contribution >= 4 is 41.8 Å². The summed E-state index contributed by atoms with van der Waals surface area (Å²) >= 11 is 0. The van der Waals surface area contributed by atoms with Crippen molar-refractivity contribution in [1.82, 2.24) is 20.9 Å². The predicted molar refractivity (Wildman–Crippen MR) is 119 cm³/mol. The molecule has 1 saturated heterocycles. The molecule has 0 bridgehead atoms. The summed E-state index contributed by atoms with van der Waals surface area (Å²) in [7, 11) is 1.70. The molecule has 2 rings (SSSR count). The first-order valence-electron chi connectivity index (χ1n) is 10.2. The molecule has 1 heterocycles. The highest BCUT2D eigenvalue weighted by molar-refractivity contribution is 14.0. The zero-order chi connectivity index (χ0) is 18.8. The van der Waals surface area contributed by atoms with E-state index in [1.807, 2.05) is 0 Å². The van der Waals surface area contributed by atoms with Crippen LogP contribution in [0.5, 0.6) is 0 Å². The van der Waals surface area contributed by atoms with Crippen LogP contribution in [0.4, 0.5) is 0 Å². The summed E-state index contributed by atoms with van der Waals surface area (Å²) in [5.41, 5.74) is 0. The molecule has 0 radical (unpaired) electrons. The molecule has 2 amide bonds. The van der Waals surface area contributed by atoms with E-state index in [0.29, 0.717) is 25.4 Å². The molecule has 1 aliphatic carbocycles. The van der Waals surface area contributed by atoms with Crippen molar-refractivity contribution in [3.63, 3.8) is 0 Å². The van der Waals surface area contributed by atoms with E-state index >= 15 is 0 Å². The summed E-state index contributed by atoms with van der Waals surface area (Å²) in [5.74, 6) is 2.03. The van der Waals surface area contributed by atoms with Crippen LogP contribution in [0.25, 0.3) is 0 Å². The van der Waals surface area contributed by atoms with E-state index < -0.39 is 0 Å². The van der Waals surface area contributed by atoms with Crippen LogP contribution in [0.2, 0.25) is 0 Å². The van der Waals surface area contributed by atoms with Gasteiger partial charge in [-0.05, 0) is 44.9 Å². The van der Waals surface area contributed by atoms with Gasteiger partial charge >= 0.3 is 0 Å². The average Bonchev–Trinajstić information content (AvgIpc) is 2.59. The lowest BCUT2D eigenvalue weighted by molar-refractivity contribution is -0.127. The molecule has 0 aromatic heterocycles. The Morgan fingerprint density at radius 2 is 1.81 bits per heavy atom. The van der Waals surface area contributed by atoms with Crippen molar-refractivity contribution in [1.29, 1.82) is 0 Å². The number of guanidine groups is 1. The first-order valence-corrected chi connectivity index (χ1v) is 10.2. The van der Waals surface area contributed by atoms with E-state index in [2.05, 4.69) is 27.8 Å². The Morgan fingerprint density at radius 1 is 1.11 bits per heavy atom. The maximum atomic E-state index is 11.8. The highest BCUT2D eigenvalue weighted by Crippen LogP contribution is 2.26. The molecule has 0 unspecified atom stereocenters. The molecule has 156 valence electrons. The zero-order valence-corrected chi connectivity index (χ0v) is 19.1. The van der Waals surface area contributed by atoms with Crippen molar-refractivity contribution < 1.29 is 9.59 Å². The number of amides is 2. The number of halogens is 1. The molecule has 8 heteroatoms. The van der Waals surface area contributed by atoms with Crippen LogP contribution in [0.3, 0.4) is 0 Å². The van der Waals surface area contributed by atoms with Crippen molar-refractivity contribution in [2.45, 2.75) is 51.9 Å². The summed E-state index contributed by atoms with van der Waals surface area (Å²) in [6, 6.07) is 0. The van der Waals surface area contributed by atoms with E-state index in [1.165, 1.54) is 6.42 Å². The third-order valence-corrected chi connectivity index (χ3v) is 5.37. The van der Waals surface area contributed by atoms with Gasteiger partial charge in [0, 0.05) is 52.1 Å². The van der Waals surface area contributed by atoms with Crippen molar-refractivity contribution in [2.24, 2.45) is 16.8 Å². The number of likely N-dealkylation sites (tertiary alicyclic amines) is 1. The van der Waals surface area contributed by atoms with Gasteiger partial charge in [0.15, 0.2) is 5.96 Å². The van der Waals surface area contributed by atoms with Crippen LogP contribution >= 0.6 is 24.0 Å². The van der Waals surface area contributed by atoms with Crippen LogP contribution in [0, 0.1) is 11.8 Å². The molecule has 1 aliphatic heterocycles. The first kappa shape index (κ1) is 24.0. The van der Waals surface area contributed by atoms with Gasteiger partial charge in [-0.3, -0.25) is 14.6 Å². The number of carbonyl (C=O) groups is 2. The van der Waals surface area contributed by atoms with Gasteiger partial charge < -0.3 is 20.9 Å². The van der Waals surface area contributed by atoms with E-state index in [1.54, 1.807) is 7.05 Å². The number of carbonyl (C=O) groups excluding carboxylic acids is 2. The molecule has 0 aromatic carbocycles. The summed E-state index contributed by atoms with van der Waals surface area (Å²) < 4.78 is 0. The molecule has 0 aromatic rings. The van der Waals surface area contributed by atoms with Gasteiger partial charge in [-0.25, -0.2) is 0 Å².